The minimum atomic E-state index is 0.564. The maximum Gasteiger partial charge on any atom is 0.123 e. The van der Waals surface area contributed by atoms with Gasteiger partial charge in [-0.05, 0) is 25.2 Å². The molecule has 4 nitrogen and oxygen atoms in total. The summed E-state index contributed by atoms with van der Waals surface area (Å²) in [5.74, 6) is 0.564. The second kappa shape index (κ2) is 4.81. The van der Waals surface area contributed by atoms with Gasteiger partial charge in [0.1, 0.15) is 5.82 Å². The third-order valence-electron chi connectivity index (χ3n) is 2.29. The zero-order valence-electron chi connectivity index (χ0n) is 9.26. The highest BCUT2D eigenvalue weighted by Gasteiger charge is 2.03. The van der Waals surface area contributed by atoms with E-state index in [1.807, 2.05) is 25.2 Å². The van der Waals surface area contributed by atoms with Crippen LogP contribution >= 0.6 is 0 Å². The first kappa shape index (κ1) is 10.7. The highest BCUT2D eigenvalue weighted by atomic mass is 16.3. The Kier molecular flexibility index (Phi) is 3.22. The Morgan fingerprint density at radius 2 is 2.19 bits per heavy atom. The van der Waals surface area contributed by atoms with Gasteiger partial charge in [0.15, 0.2) is 0 Å². The van der Waals surface area contributed by atoms with Gasteiger partial charge in [-0.15, -0.1) is 0 Å². The molecule has 0 atom stereocenters. The van der Waals surface area contributed by atoms with E-state index in [1.165, 1.54) is 0 Å². The predicted octanol–water partition coefficient (Wildman–Crippen LogP) is 1.89. The van der Waals surface area contributed by atoms with Crippen LogP contribution in [-0.4, -0.2) is 16.9 Å². The highest BCUT2D eigenvalue weighted by Crippen LogP contribution is 2.08. The fraction of sp³-hybridized carbons (Fsp3) is 0.250. The Bertz CT molecular complexity index is 439. The normalized spacial score (nSPS) is 10.9. The van der Waals surface area contributed by atoms with Gasteiger partial charge in [0.2, 0.25) is 0 Å². The molecule has 0 radical (unpaired) electrons. The van der Waals surface area contributed by atoms with Gasteiger partial charge in [-0.1, -0.05) is 6.07 Å². The maximum atomic E-state index is 5.63. The zero-order chi connectivity index (χ0) is 11.4. The molecule has 0 saturated carbocycles. The van der Waals surface area contributed by atoms with Crippen LogP contribution in [0.4, 0.5) is 5.82 Å². The molecule has 0 aromatic carbocycles. The molecule has 2 heterocycles. The number of nitrogen functional groups attached to an aromatic ring is 1. The number of nitrogens with zero attached hydrogens (tertiary/aromatic N) is 2. The molecule has 0 aliphatic carbocycles. The van der Waals surface area contributed by atoms with Crippen molar-refractivity contribution in [3.63, 3.8) is 0 Å². The Hall–Kier alpha value is -1.81. The molecular formula is C12H15N3O. The summed E-state index contributed by atoms with van der Waals surface area (Å²) in [6.07, 6.45) is 3.44. The molecule has 4 heteroatoms. The summed E-state index contributed by atoms with van der Waals surface area (Å²) < 4.78 is 5.02. The molecule has 2 rings (SSSR count). The smallest absolute Gasteiger partial charge is 0.123 e. The molecule has 0 bridgehead atoms. The summed E-state index contributed by atoms with van der Waals surface area (Å²) in [5.41, 5.74) is 7.76. The number of anilines is 1. The van der Waals surface area contributed by atoms with E-state index in [-0.39, 0.29) is 0 Å². The van der Waals surface area contributed by atoms with Crippen molar-refractivity contribution in [2.45, 2.75) is 13.1 Å². The van der Waals surface area contributed by atoms with Crippen LogP contribution in [-0.2, 0) is 13.1 Å². The van der Waals surface area contributed by atoms with Crippen molar-refractivity contribution in [3.05, 3.63) is 48.0 Å². The number of rotatable bonds is 4. The quantitative estimate of drug-likeness (QED) is 0.849. The molecule has 0 aliphatic heterocycles. The fourth-order valence-corrected chi connectivity index (χ4v) is 1.61. The molecule has 2 aromatic heterocycles. The Labute approximate surface area is 94.7 Å². The lowest BCUT2D eigenvalue weighted by Gasteiger charge is -2.14. The lowest BCUT2D eigenvalue weighted by molar-refractivity contribution is 0.314. The highest BCUT2D eigenvalue weighted by molar-refractivity contribution is 5.28. The Morgan fingerprint density at radius 1 is 1.31 bits per heavy atom. The van der Waals surface area contributed by atoms with Crippen molar-refractivity contribution in [3.8, 4) is 0 Å². The maximum absolute atomic E-state index is 5.63. The van der Waals surface area contributed by atoms with Crippen LogP contribution in [0.25, 0.3) is 0 Å². The third kappa shape index (κ3) is 2.84. The van der Waals surface area contributed by atoms with E-state index >= 15 is 0 Å². The first-order valence-electron chi connectivity index (χ1n) is 5.15. The number of furan rings is 1. The lowest BCUT2D eigenvalue weighted by atomic mass is 10.3. The van der Waals surface area contributed by atoms with Gasteiger partial charge < -0.3 is 10.2 Å². The van der Waals surface area contributed by atoms with Crippen molar-refractivity contribution in [1.82, 2.24) is 9.88 Å². The molecule has 0 saturated heterocycles. The van der Waals surface area contributed by atoms with Crippen molar-refractivity contribution < 1.29 is 4.42 Å². The van der Waals surface area contributed by atoms with Crippen LogP contribution in [0.3, 0.4) is 0 Å². The van der Waals surface area contributed by atoms with Crippen LogP contribution in [0, 0.1) is 0 Å². The van der Waals surface area contributed by atoms with Crippen molar-refractivity contribution in [2.24, 2.45) is 0 Å². The van der Waals surface area contributed by atoms with Gasteiger partial charge in [0.25, 0.3) is 0 Å². The summed E-state index contributed by atoms with van der Waals surface area (Å²) in [5, 5.41) is 0. The molecule has 0 unspecified atom stereocenters. The van der Waals surface area contributed by atoms with E-state index in [2.05, 4.69) is 9.88 Å². The molecule has 2 N–H and O–H groups in total. The minimum Gasteiger partial charge on any atom is -0.472 e. The SMILES string of the molecule is CN(Cc1ccoc1)Cc1cccc(N)n1. The van der Waals surface area contributed by atoms with Gasteiger partial charge in [0, 0.05) is 18.7 Å². The standard InChI is InChI=1S/C12H15N3O/c1-15(7-10-5-6-16-9-10)8-11-3-2-4-12(13)14-11/h2-6,9H,7-8H2,1H3,(H2,13,14). The van der Waals surface area contributed by atoms with Gasteiger partial charge in [0.05, 0.1) is 18.2 Å². The van der Waals surface area contributed by atoms with Crippen LogP contribution in [0.5, 0.6) is 0 Å². The van der Waals surface area contributed by atoms with E-state index in [1.54, 1.807) is 18.6 Å². The molecule has 16 heavy (non-hydrogen) atoms. The van der Waals surface area contributed by atoms with E-state index in [0.717, 1.165) is 24.3 Å². The third-order valence-corrected chi connectivity index (χ3v) is 2.29. The van der Waals surface area contributed by atoms with Crippen LogP contribution in [0.2, 0.25) is 0 Å². The molecule has 84 valence electrons. The van der Waals surface area contributed by atoms with Crippen molar-refractivity contribution in [2.75, 3.05) is 12.8 Å². The van der Waals surface area contributed by atoms with E-state index in [9.17, 15) is 0 Å². The molecule has 0 aliphatic rings. The summed E-state index contributed by atoms with van der Waals surface area (Å²) in [6.45, 7) is 1.61. The molecule has 0 fully saturated rings. The summed E-state index contributed by atoms with van der Waals surface area (Å²) >= 11 is 0. The summed E-state index contributed by atoms with van der Waals surface area (Å²) in [6, 6.07) is 7.65. The van der Waals surface area contributed by atoms with Gasteiger partial charge in [-0.25, -0.2) is 4.98 Å². The van der Waals surface area contributed by atoms with Gasteiger partial charge in [-0.3, -0.25) is 4.90 Å². The largest absolute Gasteiger partial charge is 0.472 e. The topological polar surface area (TPSA) is 55.3 Å². The first-order valence-corrected chi connectivity index (χ1v) is 5.15. The van der Waals surface area contributed by atoms with E-state index < -0.39 is 0 Å². The van der Waals surface area contributed by atoms with E-state index in [4.69, 9.17) is 10.2 Å². The molecule has 2 aromatic rings. The van der Waals surface area contributed by atoms with Crippen molar-refractivity contribution >= 4 is 5.82 Å². The Balaban J connectivity index is 1.94. The van der Waals surface area contributed by atoms with E-state index in [0.29, 0.717) is 5.82 Å². The number of hydrogen-bond acceptors (Lipinski definition) is 4. The average molecular weight is 217 g/mol. The fourth-order valence-electron chi connectivity index (χ4n) is 1.61. The summed E-state index contributed by atoms with van der Waals surface area (Å²) in [4.78, 5) is 6.41. The van der Waals surface area contributed by atoms with Crippen LogP contribution in [0.1, 0.15) is 11.3 Å². The van der Waals surface area contributed by atoms with Crippen LogP contribution < -0.4 is 5.73 Å². The monoisotopic (exact) mass is 217 g/mol. The number of nitrogens with two attached hydrogens (primary N) is 1. The number of pyridine rings is 1. The summed E-state index contributed by atoms with van der Waals surface area (Å²) in [7, 11) is 2.04. The van der Waals surface area contributed by atoms with Crippen LogP contribution in [0.15, 0.2) is 41.2 Å². The predicted molar refractivity (Wildman–Crippen MR) is 62.5 cm³/mol. The second-order valence-electron chi connectivity index (χ2n) is 3.86. The van der Waals surface area contributed by atoms with Gasteiger partial charge in [-0.2, -0.15) is 0 Å². The number of aromatic nitrogens is 1. The minimum absolute atomic E-state index is 0.564. The zero-order valence-corrected chi connectivity index (χ0v) is 9.26. The second-order valence-corrected chi connectivity index (χ2v) is 3.86. The first-order chi connectivity index (χ1) is 7.74. The van der Waals surface area contributed by atoms with Gasteiger partial charge >= 0.3 is 0 Å². The molecular weight excluding hydrogens is 202 g/mol. The number of hydrogen-bond donors (Lipinski definition) is 1. The average Bonchev–Trinajstić information content (AvgIpc) is 2.70. The van der Waals surface area contributed by atoms with Crippen molar-refractivity contribution in [1.29, 1.82) is 0 Å². The Morgan fingerprint density at radius 3 is 2.88 bits per heavy atom. The lowest BCUT2D eigenvalue weighted by Crippen LogP contribution is -2.17. The molecule has 0 amide bonds. The molecule has 0 spiro atoms.